The molecule has 3 heteroatoms. The second-order valence-electron chi connectivity index (χ2n) is 6.89. The highest BCUT2D eigenvalue weighted by Crippen LogP contribution is 2.31. The van der Waals surface area contributed by atoms with E-state index in [0.717, 1.165) is 24.9 Å². The molecule has 1 heterocycles. The third kappa shape index (κ3) is 4.17. The molecule has 0 spiro atoms. The first kappa shape index (κ1) is 15.3. The van der Waals surface area contributed by atoms with E-state index in [1.165, 1.54) is 38.8 Å². The van der Waals surface area contributed by atoms with E-state index in [1.54, 1.807) is 0 Å². The van der Waals surface area contributed by atoms with Crippen molar-refractivity contribution in [3.05, 3.63) is 0 Å². The molecule has 112 valence electrons. The summed E-state index contributed by atoms with van der Waals surface area (Å²) in [5, 5.41) is 13.4. The normalized spacial score (nSPS) is 38.5. The lowest BCUT2D eigenvalue weighted by Gasteiger charge is -2.37. The number of likely N-dealkylation sites (tertiary alicyclic amines) is 1. The van der Waals surface area contributed by atoms with Crippen molar-refractivity contribution in [3.63, 3.8) is 0 Å². The van der Waals surface area contributed by atoms with Crippen LogP contribution in [0.3, 0.4) is 0 Å². The van der Waals surface area contributed by atoms with Crippen molar-refractivity contribution in [2.45, 2.75) is 58.6 Å². The third-order valence-electron chi connectivity index (χ3n) is 5.19. The van der Waals surface area contributed by atoms with E-state index in [2.05, 4.69) is 24.1 Å². The minimum absolute atomic E-state index is 0.139. The summed E-state index contributed by atoms with van der Waals surface area (Å²) in [7, 11) is 0. The molecule has 1 saturated carbocycles. The van der Waals surface area contributed by atoms with Crippen molar-refractivity contribution < 1.29 is 5.11 Å². The maximum absolute atomic E-state index is 9.72. The summed E-state index contributed by atoms with van der Waals surface area (Å²) in [6.07, 6.45) is 5.12. The zero-order valence-corrected chi connectivity index (χ0v) is 12.9. The van der Waals surface area contributed by atoms with Crippen molar-refractivity contribution >= 4 is 0 Å². The van der Waals surface area contributed by atoms with Crippen LogP contribution in [-0.4, -0.2) is 48.3 Å². The van der Waals surface area contributed by atoms with Crippen LogP contribution in [0.4, 0.5) is 0 Å². The first-order valence-electron chi connectivity index (χ1n) is 8.24. The van der Waals surface area contributed by atoms with Gasteiger partial charge in [-0.25, -0.2) is 0 Å². The Kier molecular flexibility index (Phi) is 5.67. The van der Waals surface area contributed by atoms with Gasteiger partial charge in [0.05, 0.1) is 6.10 Å². The molecule has 5 unspecified atom stereocenters. The Labute approximate surface area is 118 Å². The summed E-state index contributed by atoms with van der Waals surface area (Å²) in [5.74, 6) is 2.19. The molecule has 1 aliphatic heterocycles. The lowest BCUT2D eigenvalue weighted by atomic mass is 9.78. The molecule has 0 amide bonds. The average molecular weight is 268 g/mol. The van der Waals surface area contributed by atoms with Crippen molar-refractivity contribution in [2.75, 3.05) is 26.2 Å². The zero-order chi connectivity index (χ0) is 13.8. The van der Waals surface area contributed by atoms with E-state index in [4.69, 9.17) is 0 Å². The molecule has 0 aromatic heterocycles. The second kappa shape index (κ2) is 7.05. The van der Waals surface area contributed by atoms with E-state index in [0.29, 0.717) is 12.0 Å². The van der Waals surface area contributed by atoms with Crippen LogP contribution in [0.15, 0.2) is 0 Å². The van der Waals surface area contributed by atoms with Gasteiger partial charge in [0.25, 0.3) is 0 Å². The largest absolute Gasteiger partial charge is 0.393 e. The molecule has 0 aromatic rings. The van der Waals surface area contributed by atoms with Gasteiger partial charge in [0.1, 0.15) is 0 Å². The van der Waals surface area contributed by atoms with E-state index >= 15 is 0 Å². The number of rotatable bonds is 5. The third-order valence-corrected chi connectivity index (χ3v) is 5.19. The minimum atomic E-state index is -0.139. The summed E-state index contributed by atoms with van der Waals surface area (Å²) in [6.45, 7) is 11.2. The molecule has 2 aliphatic rings. The lowest BCUT2D eigenvalue weighted by molar-refractivity contribution is 0.118. The zero-order valence-electron chi connectivity index (χ0n) is 12.9. The molecule has 0 radical (unpaired) electrons. The van der Waals surface area contributed by atoms with Gasteiger partial charge in [0.2, 0.25) is 0 Å². The van der Waals surface area contributed by atoms with E-state index in [9.17, 15) is 5.11 Å². The van der Waals surface area contributed by atoms with Crippen LogP contribution in [-0.2, 0) is 0 Å². The van der Waals surface area contributed by atoms with Crippen molar-refractivity contribution in [3.8, 4) is 0 Å². The van der Waals surface area contributed by atoms with E-state index in [1.807, 2.05) is 6.92 Å². The van der Waals surface area contributed by atoms with Crippen LogP contribution in [0.2, 0.25) is 0 Å². The monoisotopic (exact) mass is 268 g/mol. The predicted octanol–water partition coefficient (Wildman–Crippen LogP) is 2.10. The smallest absolute Gasteiger partial charge is 0.0552 e. The number of aliphatic hydroxyl groups excluding tert-OH is 1. The molecule has 3 nitrogen and oxygen atoms in total. The molecule has 2 fully saturated rings. The van der Waals surface area contributed by atoms with Gasteiger partial charge in [0, 0.05) is 19.1 Å². The first-order valence-corrected chi connectivity index (χ1v) is 8.24. The number of nitrogens with zero attached hydrogens (tertiary/aromatic N) is 1. The van der Waals surface area contributed by atoms with Gasteiger partial charge in [-0.15, -0.1) is 0 Å². The SMILES string of the molecule is CCNC1CCC(C)CC1CN1CCC(C(C)O)C1. The van der Waals surface area contributed by atoms with Crippen LogP contribution < -0.4 is 5.32 Å². The van der Waals surface area contributed by atoms with Crippen molar-refractivity contribution in [2.24, 2.45) is 17.8 Å². The molecule has 1 aliphatic carbocycles. The number of hydrogen-bond acceptors (Lipinski definition) is 3. The van der Waals surface area contributed by atoms with Gasteiger partial charge < -0.3 is 15.3 Å². The van der Waals surface area contributed by atoms with Crippen molar-refractivity contribution in [1.82, 2.24) is 10.2 Å². The van der Waals surface area contributed by atoms with Gasteiger partial charge in [-0.05, 0) is 63.5 Å². The van der Waals surface area contributed by atoms with Crippen LogP contribution in [0.1, 0.15) is 46.5 Å². The minimum Gasteiger partial charge on any atom is -0.393 e. The topological polar surface area (TPSA) is 35.5 Å². The van der Waals surface area contributed by atoms with Crippen LogP contribution in [0, 0.1) is 17.8 Å². The predicted molar refractivity (Wildman–Crippen MR) is 80.2 cm³/mol. The standard InChI is InChI=1S/C16H32N2O/c1-4-17-16-6-5-12(2)9-15(16)11-18-8-7-14(10-18)13(3)19/h12-17,19H,4-11H2,1-3H3. The quantitative estimate of drug-likeness (QED) is 0.801. The average Bonchev–Trinajstić information content (AvgIpc) is 2.81. The highest BCUT2D eigenvalue weighted by Gasteiger charge is 2.32. The Hall–Kier alpha value is -0.120. The van der Waals surface area contributed by atoms with Crippen molar-refractivity contribution in [1.29, 1.82) is 0 Å². The lowest BCUT2D eigenvalue weighted by Crippen LogP contribution is -2.45. The first-order chi connectivity index (χ1) is 9.10. The molecular weight excluding hydrogens is 236 g/mol. The van der Waals surface area contributed by atoms with Gasteiger partial charge >= 0.3 is 0 Å². The Morgan fingerprint density at radius 3 is 2.74 bits per heavy atom. The molecule has 5 atom stereocenters. The van der Waals surface area contributed by atoms with E-state index in [-0.39, 0.29) is 6.10 Å². The molecule has 2 rings (SSSR count). The molecule has 1 saturated heterocycles. The highest BCUT2D eigenvalue weighted by molar-refractivity contribution is 4.88. The summed E-state index contributed by atoms with van der Waals surface area (Å²) in [6, 6.07) is 0.715. The maximum atomic E-state index is 9.72. The summed E-state index contributed by atoms with van der Waals surface area (Å²) < 4.78 is 0. The van der Waals surface area contributed by atoms with Gasteiger partial charge in [-0.1, -0.05) is 13.8 Å². The van der Waals surface area contributed by atoms with E-state index < -0.39 is 0 Å². The fourth-order valence-corrected chi connectivity index (χ4v) is 3.99. The fourth-order valence-electron chi connectivity index (χ4n) is 3.99. The molecule has 0 aromatic carbocycles. The molecular formula is C16H32N2O. The summed E-state index contributed by atoms with van der Waals surface area (Å²) in [4.78, 5) is 2.59. The second-order valence-corrected chi connectivity index (χ2v) is 6.89. The van der Waals surface area contributed by atoms with Crippen LogP contribution in [0.25, 0.3) is 0 Å². The number of aliphatic hydroxyl groups is 1. The maximum Gasteiger partial charge on any atom is 0.0552 e. The fraction of sp³-hybridized carbons (Fsp3) is 1.00. The Bertz CT molecular complexity index is 269. The van der Waals surface area contributed by atoms with Gasteiger partial charge in [-0.2, -0.15) is 0 Å². The van der Waals surface area contributed by atoms with Crippen LogP contribution in [0.5, 0.6) is 0 Å². The van der Waals surface area contributed by atoms with Crippen LogP contribution >= 0.6 is 0 Å². The summed E-state index contributed by atoms with van der Waals surface area (Å²) >= 11 is 0. The number of hydrogen-bond donors (Lipinski definition) is 2. The molecule has 19 heavy (non-hydrogen) atoms. The highest BCUT2D eigenvalue weighted by atomic mass is 16.3. The summed E-state index contributed by atoms with van der Waals surface area (Å²) in [5.41, 5.74) is 0. The molecule has 2 N–H and O–H groups in total. The molecule has 0 bridgehead atoms. The number of nitrogens with one attached hydrogen (secondary N) is 1. The Morgan fingerprint density at radius 1 is 1.32 bits per heavy atom. The van der Waals surface area contributed by atoms with Gasteiger partial charge in [-0.3, -0.25) is 0 Å². The Morgan fingerprint density at radius 2 is 2.11 bits per heavy atom. The van der Waals surface area contributed by atoms with Gasteiger partial charge in [0.15, 0.2) is 0 Å². The Balaban J connectivity index is 1.85.